The molecule has 3 N–H and O–H groups in total. The maximum atomic E-state index is 12.1. The molecule has 7 heteroatoms. The number of amides is 3. The number of hydrogen-bond acceptors (Lipinski definition) is 4. The summed E-state index contributed by atoms with van der Waals surface area (Å²) in [6, 6.07) is 7.56. The first-order valence-corrected chi connectivity index (χ1v) is 8.58. The van der Waals surface area contributed by atoms with Crippen LogP contribution in [0.25, 0.3) is 0 Å². The van der Waals surface area contributed by atoms with E-state index < -0.39 is 6.03 Å². The third-order valence-electron chi connectivity index (χ3n) is 4.01. The maximum Gasteiger partial charge on any atom is 0.321 e. The minimum atomic E-state index is -0.488. The summed E-state index contributed by atoms with van der Waals surface area (Å²) in [6.45, 7) is 1.54. The van der Waals surface area contributed by atoms with E-state index in [1.165, 1.54) is 9.78 Å². The molecule has 0 bridgehead atoms. The van der Waals surface area contributed by atoms with Crippen molar-refractivity contribution in [2.75, 3.05) is 13.1 Å². The lowest BCUT2D eigenvalue weighted by atomic mass is 10.2. The summed E-state index contributed by atoms with van der Waals surface area (Å²) in [5.41, 5.74) is 0. The largest absolute Gasteiger partial charge is 0.467 e. The van der Waals surface area contributed by atoms with Gasteiger partial charge in [-0.25, -0.2) is 4.79 Å². The number of imide groups is 1. The molecule has 3 rings (SSSR count). The summed E-state index contributed by atoms with van der Waals surface area (Å²) in [5, 5.41) is 7.06. The molecule has 6 nitrogen and oxygen atoms in total. The van der Waals surface area contributed by atoms with Gasteiger partial charge in [-0.3, -0.25) is 10.1 Å². The van der Waals surface area contributed by atoms with Crippen LogP contribution in [0.15, 0.2) is 40.3 Å². The van der Waals surface area contributed by atoms with Crippen molar-refractivity contribution in [3.05, 3.63) is 46.5 Å². The van der Waals surface area contributed by atoms with Crippen molar-refractivity contribution in [3.63, 3.8) is 0 Å². The second kappa shape index (κ2) is 7.43. The summed E-state index contributed by atoms with van der Waals surface area (Å²) in [7, 11) is 0. The van der Waals surface area contributed by atoms with Gasteiger partial charge >= 0.3 is 6.03 Å². The van der Waals surface area contributed by atoms with Crippen LogP contribution in [0.3, 0.4) is 0 Å². The summed E-state index contributed by atoms with van der Waals surface area (Å²) >= 11 is 1.73. The second-order valence-electron chi connectivity index (χ2n) is 5.61. The quantitative estimate of drug-likeness (QED) is 0.766. The molecule has 0 radical (unpaired) electrons. The number of thiophene rings is 1. The van der Waals surface area contributed by atoms with Crippen LogP contribution in [0, 0.1) is 0 Å². The van der Waals surface area contributed by atoms with Gasteiger partial charge in [-0.15, -0.1) is 11.3 Å². The zero-order valence-corrected chi connectivity index (χ0v) is 13.5. The van der Waals surface area contributed by atoms with E-state index in [0.29, 0.717) is 18.3 Å². The number of furan rings is 1. The van der Waals surface area contributed by atoms with Crippen LogP contribution in [-0.4, -0.2) is 25.0 Å². The summed E-state index contributed by atoms with van der Waals surface area (Å²) < 4.78 is 5.12. The first-order chi connectivity index (χ1) is 11.2. The molecule has 0 aromatic carbocycles. The molecule has 1 aliphatic heterocycles. The Bertz CT molecular complexity index is 640. The van der Waals surface area contributed by atoms with Crippen LogP contribution in [0.5, 0.6) is 0 Å². The van der Waals surface area contributed by atoms with E-state index in [1.807, 2.05) is 6.07 Å². The zero-order valence-electron chi connectivity index (χ0n) is 12.7. The van der Waals surface area contributed by atoms with Gasteiger partial charge in [0.1, 0.15) is 11.8 Å². The average Bonchev–Trinajstić information content (AvgIpc) is 3.27. The molecule has 1 saturated heterocycles. The number of quaternary nitrogens is 1. The number of nitrogens with one attached hydrogen (secondary N) is 3. The van der Waals surface area contributed by atoms with Crippen molar-refractivity contribution in [1.29, 1.82) is 0 Å². The lowest BCUT2D eigenvalue weighted by Crippen LogP contribution is -3.11. The molecular formula is C16H20N3O3S+. The fourth-order valence-electron chi connectivity index (χ4n) is 2.96. The standard InChI is InChI=1S/C16H19N3O3S/c20-15(18-16(21)17-10-12-4-2-8-22-12)11-19-7-1-5-13(19)14-6-3-9-23-14/h2-4,6,8-9,13H,1,5,7,10-11H2,(H2,17,18,20,21)/p+1/t13-/m1/s1. The Kier molecular flexibility index (Phi) is 5.09. The van der Waals surface area contributed by atoms with Gasteiger partial charge in [0.2, 0.25) is 0 Å². The van der Waals surface area contributed by atoms with Gasteiger partial charge in [-0.2, -0.15) is 0 Å². The van der Waals surface area contributed by atoms with Gasteiger partial charge < -0.3 is 14.6 Å². The predicted molar refractivity (Wildman–Crippen MR) is 86.1 cm³/mol. The average molecular weight is 334 g/mol. The van der Waals surface area contributed by atoms with Crippen LogP contribution in [0.1, 0.15) is 29.5 Å². The van der Waals surface area contributed by atoms with E-state index in [1.54, 1.807) is 29.7 Å². The number of carbonyl (C=O) groups excluding carboxylic acids is 2. The molecule has 2 aromatic rings. The molecule has 1 fully saturated rings. The van der Waals surface area contributed by atoms with Crippen LogP contribution in [0.2, 0.25) is 0 Å². The van der Waals surface area contributed by atoms with E-state index in [2.05, 4.69) is 22.1 Å². The highest BCUT2D eigenvalue weighted by molar-refractivity contribution is 7.10. The Morgan fingerprint density at radius 2 is 2.26 bits per heavy atom. The van der Waals surface area contributed by atoms with Gasteiger partial charge in [0.25, 0.3) is 5.91 Å². The Balaban J connectivity index is 1.46. The van der Waals surface area contributed by atoms with E-state index >= 15 is 0 Å². The first kappa shape index (κ1) is 15.8. The number of rotatable bonds is 5. The SMILES string of the molecule is O=C(C[NH+]1CCC[C@@H]1c1cccs1)NC(=O)NCc1ccco1. The van der Waals surface area contributed by atoms with Gasteiger partial charge in [-0.1, -0.05) is 6.07 Å². The van der Waals surface area contributed by atoms with Crippen molar-refractivity contribution < 1.29 is 18.9 Å². The van der Waals surface area contributed by atoms with Crippen LogP contribution >= 0.6 is 11.3 Å². The van der Waals surface area contributed by atoms with Crippen molar-refractivity contribution in [3.8, 4) is 0 Å². The third kappa shape index (κ3) is 4.20. The van der Waals surface area contributed by atoms with Crippen LogP contribution in [-0.2, 0) is 11.3 Å². The van der Waals surface area contributed by atoms with Gasteiger partial charge in [-0.05, 0) is 23.6 Å². The summed E-state index contributed by atoms with van der Waals surface area (Å²) in [6.07, 6.45) is 3.74. The van der Waals surface area contributed by atoms with Gasteiger partial charge in [0, 0.05) is 12.8 Å². The molecule has 1 unspecified atom stereocenters. The lowest BCUT2D eigenvalue weighted by Gasteiger charge is -2.19. The van der Waals surface area contributed by atoms with Crippen LogP contribution < -0.4 is 15.5 Å². The lowest BCUT2D eigenvalue weighted by molar-refractivity contribution is -0.910. The minimum absolute atomic E-state index is 0.250. The molecule has 0 spiro atoms. The normalized spacial score (nSPS) is 20.3. The van der Waals surface area contributed by atoms with Crippen molar-refractivity contribution in [2.45, 2.75) is 25.4 Å². The van der Waals surface area contributed by atoms with E-state index in [9.17, 15) is 9.59 Å². The van der Waals surface area contributed by atoms with Crippen LogP contribution in [0.4, 0.5) is 4.79 Å². The highest BCUT2D eigenvalue weighted by Crippen LogP contribution is 2.23. The molecular weight excluding hydrogens is 314 g/mol. The first-order valence-electron chi connectivity index (χ1n) is 7.70. The Morgan fingerprint density at radius 3 is 3.00 bits per heavy atom. The summed E-state index contributed by atoms with van der Waals surface area (Å²) in [4.78, 5) is 26.4. The minimum Gasteiger partial charge on any atom is -0.467 e. The highest BCUT2D eigenvalue weighted by atomic mass is 32.1. The smallest absolute Gasteiger partial charge is 0.321 e. The fourth-order valence-corrected chi connectivity index (χ4v) is 3.88. The Morgan fingerprint density at radius 1 is 1.35 bits per heavy atom. The van der Waals surface area contributed by atoms with E-state index in [0.717, 1.165) is 19.4 Å². The topological polar surface area (TPSA) is 75.8 Å². The van der Waals surface area contributed by atoms with Crippen molar-refractivity contribution in [1.82, 2.24) is 10.6 Å². The highest BCUT2D eigenvalue weighted by Gasteiger charge is 2.32. The molecule has 2 atom stereocenters. The van der Waals surface area contributed by atoms with E-state index in [-0.39, 0.29) is 12.5 Å². The molecule has 1 aliphatic rings. The van der Waals surface area contributed by atoms with Crippen molar-refractivity contribution >= 4 is 23.3 Å². The number of likely N-dealkylation sites (tertiary alicyclic amines) is 1. The Labute approximate surface area is 138 Å². The molecule has 3 heterocycles. The predicted octanol–water partition coefficient (Wildman–Crippen LogP) is 1.09. The zero-order chi connectivity index (χ0) is 16.1. The monoisotopic (exact) mass is 334 g/mol. The van der Waals surface area contributed by atoms with Gasteiger partial charge in [0.15, 0.2) is 6.54 Å². The van der Waals surface area contributed by atoms with Gasteiger partial charge in [0.05, 0.1) is 24.2 Å². The Hall–Kier alpha value is -2.12. The molecule has 3 amide bonds. The second-order valence-corrected chi connectivity index (χ2v) is 6.58. The summed E-state index contributed by atoms with van der Waals surface area (Å²) in [5.74, 6) is 0.399. The molecule has 0 saturated carbocycles. The molecule has 122 valence electrons. The van der Waals surface area contributed by atoms with E-state index in [4.69, 9.17) is 4.42 Å². The number of carbonyl (C=O) groups is 2. The third-order valence-corrected chi connectivity index (χ3v) is 5.00. The molecule has 2 aromatic heterocycles. The van der Waals surface area contributed by atoms with Crippen molar-refractivity contribution in [2.24, 2.45) is 0 Å². The number of urea groups is 1. The molecule has 0 aliphatic carbocycles. The maximum absolute atomic E-state index is 12.1. The number of hydrogen-bond donors (Lipinski definition) is 3. The fraction of sp³-hybridized carbons (Fsp3) is 0.375. The molecule has 23 heavy (non-hydrogen) atoms.